The van der Waals surface area contributed by atoms with Crippen LogP contribution in [0.1, 0.15) is 19.3 Å². The first-order valence-corrected chi connectivity index (χ1v) is 6.62. The van der Waals surface area contributed by atoms with Crippen LogP contribution in [0.5, 0.6) is 0 Å². The van der Waals surface area contributed by atoms with Crippen molar-refractivity contribution in [2.24, 2.45) is 5.92 Å². The summed E-state index contributed by atoms with van der Waals surface area (Å²) in [5, 5.41) is 16.8. The Labute approximate surface area is 117 Å². The first-order chi connectivity index (χ1) is 9.40. The highest BCUT2D eigenvalue weighted by molar-refractivity contribution is 5.75. The Hall–Kier alpha value is -1.99. The zero-order valence-corrected chi connectivity index (χ0v) is 11.8. The second-order valence-electron chi connectivity index (χ2n) is 5.07. The average molecular weight is 286 g/mol. The molecule has 0 radical (unpaired) electrons. The van der Waals surface area contributed by atoms with E-state index in [4.69, 9.17) is 5.11 Å². The zero-order chi connectivity index (χ0) is 15.1. The third-order valence-electron chi connectivity index (χ3n) is 3.21. The van der Waals surface area contributed by atoms with E-state index >= 15 is 0 Å². The molecular formula is C12H22N4O4. The van der Waals surface area contributed by atoms with Gasteiger partial charge in [-0.2, -0.15) is 0 Å². The summed E-state index contributed by atoms with van der Waals surface area (Å²) >= 11 is 0. The van der Waals surface area contributed by atoms with Crippen molar-refractivity contribution in [2.75, 3.05) is 27.2 Å². The third-order valence-corrected chi connectivity index (χ3v) is 3.21. The largest absolute Gasteiger partial charge is 0.481 e. The van der Waals surface area contributed by atoms with E-state index in [1.807, 2.05) is 0 Å². The number of carbonyl (C=O) groups excluding carboxylic acids is 2. The number of hydrogen-bond acceptors (Lipinski definition) is 3. The minimum atomic E-state index is -0.805. The summed E-state index contributed by atoms with van der Waals surface area (Å²) in [6, 6.07) is -0.639. The number of amides is 4. The molecule has 2 unspecified atom stereocenters. The second kappa shape index (κ2) is 7.56. The van der Waals surface area contributed by atoms with Gasteiger partial charge in [0.15, 0.2) is 0 Å². The molecule has 0 aromatic carbocycles. The molecule has 8 nitrogen and oxygen atoms in total. The molecule has 4 amide bonds. The first kappa shape index (κ1) is 16.1. The van der Waals surface area contributed by atoms with E-state index in [0.29, 0.717) is 32.4 Å². The van der Waals surface area contributed by atoms with Gasteiger partial charge in [0.05, 0.1) is 5.92 Å². The van der Waals surface area contributed by atoms with Crippen LogP contribution in [0.4, 0.5) is 9.59 Å². The lowest BCUT2D eigenvalue weighted by Gasteiger charge is -2.14. The molecule has 114 valence electrons. The van der Waals surface area contributed by atoms with Crippen molar-refractivity contribution >= 4 is 18.0 Å². The van der Waals surface area contributed by atoms with E-state index in [1.54, 1.807) is 14.1 Å². The maximum absolute atomic E-state index is 11.6. The van der Waals surface area contributed by atoms with Crippen molar-refractivity contribution in [1.29, 1.82) is 0 Å². The Balaban J connectivity index is 2.12. The van der Waals surface area contributed by atoms with Crippen molar-refractivity contribution in [3.63, 3.8) is 0 Å². The summed E-state index contributed by atoms with van der Waals surface area (Å²) in [6.45, 7) is 0.660. The summed E-state index contributed by atoms with van der Waals surface area (Å²) in [6.07, 6.45) is 1.75. The van der Waals surface area contributed by atoms with Crippen LogP contribution in [0.15, 0.2) is 0 Å². The minimum absolute atomic E-state index is 0.0903. The van der Waals surface area contributed by atoms with Gasteiger partial charge < -0.3 is 26.0 Å². The summed E-state index contributed by atoms with van der Waals surface area (Å²) in [5.74, 6) is -1.17. The Kier molecular flexibility index (Phi) is 6.08. The van der Waals surface area contributed by atoms with Crippen LogP contribution in [0.25, 0.3) is 0 Å². The molecule has 2 atom stereocenters. The lowest BCUT2D eigenvalue weighted by molar-refractivity contribution is -0.141. The molecule has 1 aliphatic carbocycles. The lowest BCUT2D eigenvalue weighted by atomic mass is 10.1. The van der Waals surface area contributed by atoms with E-state index in [-0.39, 0.29) is 24.0 Å². The number of hydrogen-bond donors (Lipinski definition) is 4. The van der Waals surface area contributed by atoms with Crippen LogP contribution >= 0.6 is 0 Å². The lowest BCUT2D eigenvalue weighted by Crippen LogP contribution is -2.45. The Morgan fingerprint density at radius 2 is 1.80 bits per heavy atom. The zero-order valence-electron chi connectivity index (χ0n) is 11.8. The maximum atomic E-state index is 11.6. The van der Waals surface area contributed by atoms with Gasteiger partial charge in [-0.1, -0.05) is 0 Å². The van der Waals surface area contributed by atoms with Crippen LogP contribution in [0.3, 0.4) is 0 Å². The molecule has 1 fully saturated rings. The van der Waals surface area contributed by atoms with Crippen molar-refractivity contribution in [3.05, 3.63) is 0 Å². The number of nitrogens with one attached hydrogen (secondary N) is 3. The number of urea groups is 2. The van der Waals surface area contributed by atoms with Crippen LogP contribution < -0.4 is 16.0 Å². The van der Waals surface area contributed by atoms with E-state index in [9.17, 15) is 14.4 Å². The van der Waals surface area contributed by atoms with Crippen molar-refractivity contribution in [3.8, 4) is 0 Å². The fourth-order valence-corrected chi connectivity index (χ4v) is 2.08. The molecule has 1 saturated carbocycles. The summed E-state index contributed by atoms with van der Waals surface area (Å²) in [5.41, 5.74) is 0. The Morgan fingerprint density at radius 3 is 2.35 bits per heavy atom. The van der Waals surface area contributed by atoms with Gasteiger partial charge in [0.25, 0.3) is 0 Å². The molecule has 20 heavy (non-hydrogen) atoms. The van der Waals surface area contributed by atoms with Gasteiger partial charge in [0, 0.05) is 33.2 Å². The number of rotatable bonds is 5. The first-order valence-electron chi connectivity index (χ1n) is 6.62. The molecule has 0 aromatic rings. The fourth-order valence-electron chi connectivity index (χ4n) is 2.08. The molecule has 1 aliphatic rings. The topological polar surface area (TPSA) is 111 Å². The Morgan fingerprint density at radius 1 is 1.15 bits per heavy atom. The number of carboxylic acids is 1. The molecule has 0 bridgehead atoms. The van der Waals surface area contributed by atoms with Crippen LogP contribution in [-0.4, -0.2) is 61.3 Å². The SMILES string of the molecule is CN(C)C(=O)NCCNC(=O)NC1CCC(C(=O)O)C1. The van der Waals surface area contributed by atoms with Crippen LogP contribution in [0.2, 0.25) is 0 Å². The van der Waals surface area contributed by atoms with Gasteiger partial charge in [-0.15, -0.1) is 0 Å². The monoisotopic (exact) mass is 286 g/mol. The van der Waals surface area contributed by atoms with Crippen molar-refractivity contribution in [1.82, 2.24) is 20.9 Å². The number of carboxylic acid groups (broad SMARTS) is 1. The predicted molar refractivity (Wildman–Crippen MR) is 72.4 cm³/mol. The van der Waals surface area contributed by atoms with E-state index in [1.165, 1.54) is 4.90 Å². The molecule has 0 spiro atoms. The number of nitrogens with zero attached hydrogens (tertiary/aromatic N) is 1. The Bertz CT molecular complexity index is 372. The smallest absolute Gasteiger partial charge is 0.316 e. The third kappa shape index (κ3) is 5.33. The van der Waals surface area contributed by atoms with Crippen LogP contribution in [-0.2, 0) is 4.79 Å². The van der Waals surface area contributed by atoms with Gasteiger partial charge in [0.1, 0.15) is 0 Å². The molecular weight excluding hydrogens is 264 g/mol. The summed E-state index contributed by atoms with van der Waals surface area (Å²) < 4.78 is 0. The highest BCUT2D eigenvalue weighted by Crippen LogP contribution is 2.25. The van der Waals surface area contributed by atoms with Gasteiger partial charge in [-0.3, -0.25) is 4.79 Å². The van der Waals surface area contributed by atoms with Crippen molar-refractivity contribution < 1.29 is 19.5 Å². The highest BCUT2D eigenvalue weighted by Gasteiger charge is 2.30. The maximum Gasteiger partial charge on any atom is 0.316 e. The fraction of sp³-hybridized carbons (Fsp3) is 0.750. The average Bonchev–Trinajstić information content (AvgIpc) is 2.82. The molecule has 0 saturated heterocycles. The molecule has 0 aromatic heterocycles. The highest BCUT2D eigenvalue weighted by atomic mass is 16.4. The molecule has 4 N–H and O–H groups in total. The minimum Gasteiger partial charge on any atom is -0.481 e. The number of carbonyl (C=O) groups is 3. The van der Waals surface area contributed by atoms with Crippen molar-refractivity contribution in [2.45, 2.75) is 25.3 Å². The molecule has 1 rings (SSSR count). The second-order valence-corrected chi connectivity index (χ2v) is 5.07. The summed E-state index contributed by atoms with van der Waals surface area (Å²) in [4.78, 5) is 35.0. The van der Waals surface area contributed by atoms with Gasteiger partial charge >= 0.3 is 18.0 Å². The van der Waals surface area contributed by atoms with E-state index in [0.717, 1.165) is 0 Å². The molecule has 0 aliphatic heterocycles. The van der Waals surface area contributed by atoms with Gasteiger partial charge in [-0.25, -0.2) is 9.59 Å². The van der Waals surface area contributed by atoms with E-state index in [2.05, 4.69) is 16.0 Å². The molecule has 8 heteroatoms. The van der Waals surface area contributed by atoms with Gasteiger partial charge in [-0.05, 0) is 19.3 Å². The number of aliphatic carboxylic acids is 1. The van der Waals surface area contributed by atoms with Crippen LogP contribution in [0, 0.1) is 5.92 Å². The van der Waals surface area contributed by atoms with Gasteiger partial charge in [0.2, 0.25) is 0 Å². The van der Waals surface area contributed by atoms with E-state index < -0.39 is 5.97 Å². The summed E-state index contributed by atoms with van der Waals surface area (Å²) in [7, 11) is 3.27. The predicted octanol–water partition coefficient (Wildman–Crippen LogP) is -0.190. The standard InChI is InChI=1S/C12H22N4O4/c1-16(2)12(20)14-6-5-13-11(19)15-9-4-3-8(7-9)10(17)18/h8-9H,3-7H2,1-2H3,(H,14,20)(H,17,18)(H2,13,15,19). The molecule has 0 heterocycles. The normalized spacial score (nSPS) is 21.1. The quantitative estimate of drug-likeness (QED) is 0.525.